The summed E-state index contributed by atoms with van der Waals surface area (Å²) in [6.45, 7) is 2.60. The lowest BCUT2D eigenvalue weighted by Gasteiger charge is -2.21. The Morgan fingerprint density at radius 3 is 2.89 bits per heavy atom. The Hall–Kier alpha value is -1.79. The molecule has 0 radical (unpaired) electrons. The van der Waals surface area contributed by atoms with Gasteiger partial charge in [0.25, 0.3) is 0 Å². The topological polar surface area (TPSA) is 35.6 Å². The highest BCUT2D eigenvalue weighted by Crippen LogP contribution is 2.26. The van der Waals surface area contributed by atoms with E-state index in [-0.39, 0.29) is 12.6 Å². The molecule has 2 aromatic carbocycles. The predicted molar refractivity (Wildman–Crippen MR) is 111 cm³/mol. The zero-order valence-corrected chi connectivity index (χ0v) is 17.4. The molecule has 1 N–H and O–H groups in total. The molecule has 1 fully saturated rings. The molecule has 2 amide bonds. The molecule has 1 unspecified atom stereocenters. The van der Waals surface area contributed by atoms with E-state index in [0.29, 0.717) is 23.0 Å². The summed E-state index contributed by atoms with van der Waals surface area (Å²) >= 11 is 9.54. The van der Waals surface area contributed by atoms with E-state index in [1.54, 1.807) is 19.2 Å². The number of urea groups is 1. The second kappa shape index (κ2) is 8.93. The fraction of sp³-hybridized carbons (Fsp3) is 0.350. The summed E-state index contributed by atoms with van der Waals surface area (Å²) in [5.74, 6) is -0.0130. The molecule has 0 saturated carbocycles. The highest BCUT2D eigenvalue weighted by molar-refractivity contribution is 9.10. The van der Waals surface area contributed by atoms with Gasteiger partial charge in [-0.1, -0.05) is 39.7 Å². The van der Waals surface area contributed by atoms with Gasteiger partial charge in [0.15, 0.2) is 0 Å². The van der Waals surface area contributed by atoms with Crippen LogP contribution in [-0.2, 0) is 6.54 Å². The minimum Gasteiger partial charge on any atom is -0.371 e. The zero-order valence-electron chi connectivity index (χ0n) is 15.1. The van der Waals surface area contributed by atoms with Gasteiger partial charge in [-0.3, -0.25) is 0 Å². The standard InChI is InChI=1S/C20H22BrClFN3O/c1-25(13-17-18(22)6-3-7-19(17)23)20(27)24-11-14-8-9-26(12-14)16-5-2-4-15(21)10-16/h2-7,10,14H,8-9,11-13H2,1H3,(H,24,27). The predicted octanol–water partition coefficient (Wildman–Crippen LogP) is 4.91. The number of benzene rings is 2. The molecule has 3 rings (SSSR count). The molecule has 1 saturated heterocycles. The number of hydrogen-bond donors (Lipinski definition) is 1. The maximum atomic E-state index is 13.9. The van der Waals surface area contributed by atoms with Crippen molar-refractivity contribution in [2.24, 2.45) is 5.92 Å². The van der Waals surface area contributed by atoms with Crippen LogP contribution in [0.25, 0.3) is 0 Å². The van der Waals surface area contributed by atoms with Crippen LogP contribution >= 0.6 is 27.5 Å². The number of nitrogens with one attached hydrogen (secondary N) is 1. The van der Waals surface area contributed by atoms with Crippen molar-refractivity contribution in [3.63, 3.8) is 0 Å². The first kappa shape index (κ1) is 20.0. The lowest BCUT2D eigenvalue weighted by molar-refractivity contribution is 0.204. The lowest BCUT2D eigenvalue weighted by atomic mass is 10.1. The number of amides is 2. The monoisotopic (exact) mass is 453 g/mol. The van der Waals surface area contributed by atoms with Crippen LogP contribution in [0, 0.1) is 11.7 Å². The van der Waals surface area contributed by atoms with Gasteiger partial charge in [-0.05, 0) is 42.7 Å². The zero-order chi connectivity index (χ0) is 19.4. The molecule has 1 atom stereocenters. The van der Waals surface area contributed by atoms with Crippen molar-refractivity contribution in [3.8, 4) is 0 Å². The third kappa shape index (κ3) is 5.14. The van der Waals surface area contributed by atoms with Crippen LogP contribution in [0.4, 0.5) is 14.9 Å². The molecular weight excluding hydrogens is 433 g/mol. The third-order valence-corrected chi connectivity index (χ3v) is 5.65. The Labute approximate surface area is 172 Å². The molecule has 1 aliphatic heterocycles. The van der Waals surface area contributed by atoms with Gasteiger partial charge in [-0.2, -0.15) is 0 Å². The van der Waals surface area contributed by atoms with E-state index in [1.807, 2.05) is 12.1 Å². The molecule has 1 aliphatic rings. The first-order valence-electron chi connectivity index (χ1n) is 8.86. The Bertz CT molecular complexity index is 799. The van der Waals surface area contributed by atoms with Gasteiger partial charge in [0.05, 0.1) is 6.54 Å². The van der Waals surface area contributed by atoms with Crippen LogP contribution in [0.1, 0.15) is 12.0 Å². The first-order valence-corrected chi connectivity index (χ1v) is 10.0. The van der Waals surface area contributed by atoms with Gasteiger partial charge in [0.2, 0.25) is 0 Å². The molecular formula is C20H22BrClFN3O. The molecule has 0 aromatic heterocycles. The highest BCUT2D eigenvalue weighted by Gasteiger charge is 2.24. The SMILES string of the molecule is CN(Cc1c(F)cccc1Cl)C(=O)NCC1CCN(c2cccc(Br)c2)C1. The van der Waals surface area contributed by atoms with E-state index in [0.717, 1.165) is 24.0 Å². The molecule has 4 nitrogen and oxygen atoms in total. The average molecular weight is 455 g/mol. The van der Waals surface area contributed by atoms with E-state index in [2.05, 4.69) is 38.3 Å². The minimum absolute atomic E-state index is 0.131. The molecule has 0 bridgehead atoms. The second-order valence-corrected chi connectivity index (χ2v) is 8.15. The van der Waals surface area contributed by atoms with Gasteiger partial charge in [0.1, 0.15) is 5.82 Å². The Kier molecular flexibility index (Phi) is 6.60. The van der Waals surface area contributed by atoms with Crippen molar-refractivity contribution in [2.75, 3.05) is 31.6 Å². The molecule has 2 aromatic rings. The minimum atomic E-state index is -0.400. The van der Waals surface area contributed by atoms with Crippen LogP contribution < -0.4 is 10.2 Å². The summed E-state index contributed by atoms with van der Waals surface area (Å²) < 4.78 is 14.9. The smallest absolute Gasteiger partial charge is 0.317 e. The van der Waals surface area contributed by atoms with Gasteiger partial charge >= 0.3 is 6.03 Å². The second-order valence-electron chi connectivity index (χ2n) is 6.82. The quantitative estimate of drug-likeness (QED) is 0.697. The number of anilines is 1. The van der Waals surface area contributed by atoms with Crippen LogP contribution in [-0.4, -0.2) is 37.6 Å². The van der Waals surface area contributed by atoms with Gasteiger partial charge in [-0.15, -0.1) is 0 Å². The average Bonchev–Trinajstić information content (AvgIpc) is 3.12. The number of rotatable bonds is 5. The Balaban J connectivity index is 1.49. The molecule has 0 spiro atoms. The van der Waals surface area contributed by atoms with E-state index in [1.165, 1.54) is 16.7 Å². The molecule has 0 aliphatic carbocycles. The van der Waals surface area contributed by atoms with Crippen molar-refractivity contribution in [2.45, 2.75) is 13.0 Å². The van der Waals surface area contributed by atoms with Crippen molar-refractivity contribution in [1.29, 1.82) is 0 Å². The van der Waals surface area contributed by atoms with Crippen molar-refractivity contribution >= 4 is 39.2 Å². The van der Waals surface area contributed by atoms with Crippen LogP contribution in [0.15, 0.2) is 46.9 Å². The summed E-state index contributed by atoms with van der Waals surface area (Å²) in [7, 11) is 1.64. The number of carbonyl (C=O) groups excluding carboxylic acids is 1. The Morgan fingerprint density at radius 1 is 1.37 bits per heavy atom. The van der Waals surface area contributed by atoms with Crippen LogP contribution in [0.2, 0.25) is 5.02 Å². The summed E-state index contributed by atoms with van der Waals surface area (Å²) in [5, 5.41) is 3.28. The number of hydrogen-bond acceptors (Lipinski definition) is 2. The van der Waals surface area contributed by atoms with Gasteiger partial charge in [0, 0.05) is 47.4 Å². The van der Waals surface area contributed by atoms with E-state index in [9.17, 15) is 9.18 Å². The van der Waals surface area contributed by atoms with Gasteiger partial charge < -0.3 is 15.1 Å². The lowest BCUT2D eigenvalue weighted by Crippen LogP contribution is -2.39. The van der Waals surface area contributed by atoms with E-state index >= 15 is 0 Å². The summed E-state index contributed by atoms with van der Waals surface area (Å²) in [4.78, 5) is 16.1. The normalized spacial score (nSPS) is 16.4. The first-order chi connectivity index (χ1) is 12.9. The van der Waals surface area contributed by atoms with Crippen molar-refractivity contribution < 1.29 is 9.18 Å². The fourth-order valence-corrected chi connectivity index (χ4v) is 3.88. The number of carbonyl (C=O) groups is 1. The van der Waals surface area contributed by atoms with Crippen LogP contribution in [0.3, 0.4) is 0 Å². The van der Waals surface area contributed by atoms with Crippen molar-refractivity contribution in [3.05, 3.63) is 63.3 Å². The van der Waals surface area contributed by atoms with Crippen LogP contribution in [0.5, 0.6) is 0 Å². The Morgan fingerprint density at radius 2 is 2.15 bits per heavy atom. The molecule has 1 heterocycles. The van der Waals surface area contributed by atoms with Gasteiger partial charge in [-0.25, -0.2) is 9.18 Å². The molecule has 27 heavy (non-hydrogen) atoms. The van der Waals surface area contributed by atoms with E-state index < -0.39 is 5.82 Å². The molecule has 144 valence electrons. The summed E-state index contributed by atoms with van der Waals surface area (Å²) in [5.41, 5.74) is 1.52. The molecule has 7 heteroatoms. The number of halogens is 3. The van der Waals surface area contributed by atoms with E-state index in [4.69, 9.17) is 11.6 Å². The third-order valence-electron chi connectivity index (χ3n) is 4.80. The van der Waals surface area contributed by atoms with Crippen molar-refractivity contribution in [1.82, 2.24) is 10.2 Å². The maximum Gasteiger partial charge on any atom is 0.317 e. The summed E-state index contributed by atoms with van der Waals surface area (Å²) in [6, 6.07) is 12.5. The number of nitrogens with zero attached hydrogens (tertiary/aromatic N) is 2. The maximum absolute atomic E-state index is 13.9. The highest BCUT2D eigenvalue weighted by atomic mass is 79.9. The fourth-order valence-electron chi connectivity index (χ4n) is 3.27. The summed E-state index contributed by atoms with van der Waals surface area (Å²) in [6.07, 6.45) is 1.02. The largest absolute Gasteiger partial charge is 0.371 e.